The Balaban J connectivity index is 1.24. The van der Waals surface area contributed by atoms with E-state index < -0.39 is 0 Å². The highest BCUT2D eigenvalue weighted by atomic mass is 19.1. The van der Waals surface area contributed by atoms with Crippen LogP contribution < -0.4 is 10.6 Å². The number of nitrogens with one attached hydrogen (secondary N) is 2. The molecule has 2 aliphatic carbocycles. The number of likely N-dealkylation sites (N-methyl/N-ethyl adjacent to an activating group) is 1. The largest absolute Gasteiger partial charge is 0.393 e. The summed E-state index contributed by atoms with van der Waals surface area (Å²) in [5, 5.41) is 16.5. The normalized spacial score (nSPS) is 26.1. The molecule has 40 heavy (non-hydrogen) atoms. The van der Waals surface area contributed by atoms with Gasteiger partial charge in [0, 0.05) is 44.2 Å². The van der Waals surface area contributed by atoms with E-state index in [0.29, 0.717) is 28.7 Å². The van der Waals surface area contributed by atoms with Crippen LogP contribution in [0.1, 0.15) is 57.4 Å². The Morgan fingerprint density at radius 1 is 0.975 bits per heavy atom. The lowest BCUT2D eigenvalue weighted by Crippen LogP contribution is -2.49. The highest BCUT2D eigenvalue weighted by molar-refractivity contribution is 5.79. The Morgan fingerprint density at radius 3 is 2.42 bits per heavy atom. The topological polar surface area (TPSA) is 111 Å². The van der Waals surface area contributed by atoms with Crippen LogP contribution in [-0.4, -0.2) is 85.7 Å². The molecule has 3 fully saturated rings. The van der Waals surface area contributed by atoms with Gasteiger partial charge in [-0.2, -0.15) is 4.98 Å². The van der Waals surface area contributed by atoms with Gasteiger partial charge < -0.3 is 25.5 Å². The number of aromatic nitrogens is 4. The number of carbonyl (C=O) groups excluding carboxylic acids is 1. The molecule has 1 saturated heterocycles. The summed E-state index contributed by atoms with van der Waals surface area (Å²) >= 11 is 0. The molecule has 3 heterocycles. The van der Waals surface area contributed by atoms with Crippen LogP contribution in [0.5, 0.6) is 0 Å². The maximum Gasteiger partial charge on any atom is 0.225 e. The number of carbonyl (C=O) groups is 1. The van der Waals surface area contributed by atoms with Crippen LogP contribution in [0.4, 0.5) is 22.0 Å². The van der Waals surface area contributed by atoms with Gasteiger partial charge in [-0.05, 0) is 70.5 Å². The molecule has 11 heteroatoms. The van der Waals surface area contributed by atoms with Gasteiger partial charge in [0.15, 0.2) is 5.65 Å². The molecule has 0 unspecified atom stereocenters. The molecule has 0 spiro atoms. The van der Waals surface area contributed by atoms with E-state index in [4.69, 9.17) is 9.97 Å². The number of imidazole rings is 1. The lowest BCUT2D eigenvalue weighted by molar-refractivity contribution is -0.138. The van der Waals surface area contributed by atoms with Crippen LogP contribution >= 0.6 is 0 Å². The van der Waals surface area contributed by atoms with Crippen molar-refractivity contribution in [1.82, 2.24) is 29.3 Å². The van der Waals surface area contributed by atoms with Gasteiger partial charge in [0.25, 0.3) is 0 Å². The van der Waals surface area contributed by atoms with Gasteiger partial charge in [-0.15, -0.1) is 0 Å². The average molecular weight is 551 g/mol. The summed E-state index contributed by atoms with van der Waals surface area (Å²) < 4.78 is 16.7. The molecule has 2 saturated carbocycles. The third kappa shape index (κ3) is 5.76. The zero-order valence-corrected chi connectivity index (χ0v) is 23.1. The number of piperazine rings is 1. The molecular formula is C29H39FN8O2. The average Bonchev–Trinajstić information content (AvgIpc) is 3.33. The molecule has 0 bridgehead atoms. The third-order valence-corrected chi connectivity index (χ3v) is 8.81. The molecule has 3 aromatic rings. The summed E-state index contributed by atoms with van der Waals surface area (Å²) in [4.78, 5) is 31.7. The smallest absolute Gasteiger partial charge is 0.225 e. The van der Waals surface area contributed by atoms with Crippen LogP contribution in [0.3, 0.4) is 0 Å². The molecular weight excluding hydrogens is 511 g/mol. The molecule has 0 atom stereocenters. The zero-order chi connectivity index (χ0) is 27.6. The van der Waals surface area contributed by atoms with Crippen molar-refractivity contribution in [2.45, 2.75) is 69.6 Å². The lowest BCUT2D eigenvalue weighted by atomic mass is 9.85. The molecule has 1 aromatic carbocycles. The molecule has 1 aliphatic heterocycles. The fraction of sp³-hybridized carbons (Fsp3) is 0.586. The minimum Gasteiger partial charge on any atom is -0.393 e. The number of para-hydroxylation sites is 1. The predicted molar refractivity (Wildman–Crippen MR) is 152 cm³/mol. The van der Waals surface area contributed by atoms with E-state index in [1.165, 1.54) is 6.07 Å². The van der Waals surface area contributed by atoms with E-state index >= 15 is 0 Å². The molecule has 2 aromatic heterocycles. The number of amides is 1. The predicted octanol–water partition coefficient (Wildman–Crippen LogP) is 3.93. The second kappa shape index (κ2) is 11.7. The van der Waals surface area contributed by atoms with E-state index in [9.17, 15) is 14.3 Å². The summed E-state index contributed by atoms with van der Waals surface area (Å²) in [5.74, 6) is 1.02. The molecule has 1 amide bonds. The van der Waals surface area contributed by atoms with Crippen molar-refractivity contribution in [3.8, 4) is 0 Å². The Kier molecular flexibility index (Phi) is 7.84. The number of anilines is 3. The molecule has 0 radical (unpaired) electrons. The zero-order valence-electron chi connectivity index (χ0n) is 23.1. The van der Waals surface area contributed by atoms with E-state index in [2.05, 4.69) is 32.1 Å². The quantitative estimate of drug-likeness (QED) is 0.424. The van der Waals surface area contributed by atoms with Gasteiger partial charge in [0.1, 0.15) is 11.3 Å². The Labute approximate surface area is 234 Å². The first-order valence-corrected chi connectivity index (χ1v) is 14.6. The van der Waals surface area contributed by atoms with Gasteiger partial charge in [0.2, 0.25) is 17.8 Å². The number of rotatable bonds is 6. The lowest BCUT2D eigenvalue weighted by Gasteiger charge is -2.37. The highest BCUT2D eigenvalue weighted by Crippen LogP contribution is 2.38. The second-order valence-corrected chi connectivity index (χ2v) is 11.6. The number of halogens is 1. The van der Waals surface area contributed by atoms with Gasteiger partial charge in [-0.25, -0.2) is 14.4 Å². The number of aliphatic hydroxyl groups excluding tert-OH is 1. The Bertz CT molecular complexity index is 1320. The highest BCUT2D eigenvalue weighted by Gasteiger charge is 2.33. The second-order valence-electron chi connectivity index (χ2n) is 11.6. The minimum absolute atomic E-state index is 0.0333. The van der Waals surface area contributed by atoms with Crippen molar-refractivity contribution in [1.29, 1.82) is 0 Å². The number of aliphatic hydroxyl groups is 1. The number of benzene rings is 1. The van der Waals surface area contributed by atoms with Crippen molar-refractivity contribution >= 4 is 34.7 Å². The van der Waals surface area contributed by atoms with E-state index in [1.54, 1.807) is 24.4 Å². The van der Waals surface area contributed by atoms with Crippen LogP contribution in [0.25, 0.3) is 11.2 Å². The van der Waals surface area contributed by atoms with Gasteiger partial charge in [0.05, 0.1) is 18.0 Å². The van der Waals surface area contributed by atoms with Gasteiger partial charge in [-0.3, -0.25) is 9.36 Å². The minimum atomic E-state index is -0.351. The fourth-order valence-corrected chi connectivity index (χ4v) is 6.35. The third-order valence-electron chi connectivity index (χ3n) is 8.81. The first-order chi connectivity index (χ1) is 19.4. The summed E-state index contributed by atoms with van der Waals surface area (Å²) in [5.41, 5.74) is 1.69. The number of fused-ring (bicyclic) bond motifs is 1. The number of nitrogens with zero attached hydrogens (tertiary/aromatic N) is 6. The maximum absolute atomic E-state index is 14.6. The molecule has 6 rings (SSSR count). The number of hydrogen-bond donors (Lipinski definition) is 3. The van der Waals surface area contributed by atoms with Crippen LogP contribution in [-0.2, 0) is 4.79 Å². The maximum atomic E-state index is 14.6. The Morgan fingerprint density at radius 2 is 1.70 bits per heavy atom. The molecule has 3 aliphatic rings. The van der Waals surface area contributed by atoms with Crippen molar-refractivity contribution in [2.24, 2.45) is 5.92 Å². The SMILES string of the molecule is CN1CCN(C(=O)[C@H]2CC[C@@H](n3c(Nc4ccccc4F)nc4cnc(N[C@H]5CC[C@H](O)CC5)nc43)CC2)CC1. The van der Waals surface area contributed by atoms with Crippen molar-refractivity contribution in [2.75, 3.05) is 43.9 Å². The van der Waals surface area contributed by atoms with Crippen LogP contribution in [0.2, 0.25) is 0 Å². The molecule has 214 valence electrons. The summed E-state index contributed by atoms with van der Waals surface area (Å²) in [7, 11) is 2.10. The fourth-order valence-electron chi connectivity index (χ4n) is 6.35. The van der Waals surface area contributed by atoms with Crippen molar-refractivity contribution in [3.63, 3.8) is 0 Å². The Hall–Kier alpha value is -3.31. The summed E-state index contributed by atoms with van der Waals surface area (Å²) in [6.45, 7) is 3.44. The molecule has 3 N–H and O–H groups in total. The number of hydrogen-bond acceptors (Lipinski definition) is 8. The summed E-state index contributed by atoms with van der Waals surface area (Å²) in [6.07, 6.45) is 7.99. The van der Waals surface area contributed by atoms with E-state index in [-0.39, 0.29) is 35.8 Å². The monoisotopic (exact) mass is 550 g/mol. The first-order valence-electron chi connectivity index (χ1n) is 14.6. The van der Waals surface area contributed by atoms with Gasteiger partial charge >= 0.3 is 0 Å². The molecule has 10 nitrogen and oxygen atoms in total. The van der Waals surface area contributed by atoms with E-state index in [0.717, 1.165) is 77.5 Å². The van der Waals surface area contributed by atoms with Crippen LogP contribution in [0, 0.1) is 11.7 Å². The standard InChI is InChI=1S/C29H39FN8O2/c1-36-14-16-37(17-15-36)27(40)19-6-10-21(11-7-19)38-26-25(34-29(38)33-24-5-3-2-4-23(24)30)18-31-28(35-26)32-20-8-12-22(39)13-9-20/h2-5,18-22,39H,6-17H2,1H3,(H,33,34)(H,31,32,35)/t19-,20-,21+,22-. The first kappa shape index (κ1) is 26.9. The van der Waals surface area contributed by atoms with Crippen molar-refractivity contribution in [3.05, 3.63) is 36.3 Å². The van der Waals surface area contributed by atoms with E-state index in [1.807, 2.05) is 4.90 Å². The van der Waals surface area contributed by atoms with Gasteiger partial charge in [-0.1, -0.05) is 12.1 Å². The summed E-state index contributed by atoms with van der Waals surface area (Å²) in [6, 6.07) is 6.85. The van der Waals surface area contributed by atoms with Crippen molar-refractivity contribution < 1.29 is 14.3 Å². The van der Waals surface area contributed by atoms with Crippen LogP contribution in [0.15, 0.2) is 30.5 Å².